The van der Waals surface area contributed by atoms with Crippen molar-refractivity contribution in [3.8, 4) is 5.75 Å². The summed E-state index contributed by atoms with van der Waals surface area (Å²) in [6.45, 7) is 15.6. The average Bonchev–Trinajstić information content (AvgIpc) is 2.82. The fourth-order valence-electron chi connectivity index (χ4n) is 3.29. The molecule has 0 radical (unpaired) electrons. The summed E-state index contributed by atoms with van der Waals surface area (Å²) in [5, 5.41) is 8.63. The number of nitrogens with zero attached hydrogens (tertiary/aromatic N) is 3. The highest BCUT2D eigenvalue weighted by Crippen LogP contribution is 2.27. The van der Waals surface area contributed by atoms with Gasteiger partial charge in [-0.25, -0.2) is 4.99 Å². The van der Waals surface area contributed by atoms with Crippen LogP contribution < -0.4 is 25.8 Å². The number of aryl methyl sites for hydroxylation is 2. The molecule has 0 saturated carbocycles. The number of guanidine groups is 1. The van der Waals surface area contributed by atoms with E-state index >= 15 is 0 Å². The van der Waals surface area contributed by atoms with E-state index in [1.807, 2.05) is 56.3 Å². The number of hydrogen-bond donors (Lipinski definition) is 2. The van der Waals surface area contributed by atoms with E-state index in [9.17, 15) is 0 Å². The number of anilines is 1. The summed E-state index contributed by atoms with van der Waals surface area (Å²) in [6.07, 6.45) is 5.05. The first-order valence-electron chi connectivity index (χ1n) is 10.9. The van der Waals surface area contributed by atoms with Crippen molar-refractivity contribution < 1.29 is 4.74 Å². The minimum Gasteiger partial charge on any atom is -0.481 e. The standard InChI is InChI=1S/C26H31N5OS/c1-6-21(16-22-11-8-7-10-18(22)2)25(27-5)31-33-17-32-24-15-19(3)23(14-20(24)4)30-26-28-12-9-13-29-26/h6-8,10-11,14-16H,2,5,9,12-13,17H2,1,3-4H3,(H2,28,29,30)/b21-6?,22-16-,31-25-. The van der Waals surface area contributed by atoms with Gasteiger partial charge in [-0.15, -0.1) is 0 Å². The number of amidine groups is 1. The quantitative estimate of drug-likeness (QED) is 0.215. The molecule has 172 valence electrons. The van der Waals surface area contributed by atoms with Gasteiger partial charge in [-0.1, -0.05) is 36.9 Å². The van der Waals surface area contributed by atoms with Gasteiger partial charge in [-0.3, -0.25) is 4.99 Å². The van der Waals surface area contributed by atoms with E-state index in [4.69, 9.17) is 4.74 Å². The molecule has 2 N–H and O–H groups in total. The molecule has 0 spiro atoms. The van der Waals surface area contributed by atoms with Gasteiger partial charge < -0.3 is 15.4 Å². The third-order valence-corrected chi connectivity index (χ3v) is 5.70. The molecule has 6 nitrogen and oxygen atoms in total. The van der Waals surface area contributed by atoms with Gasteiger partial charge in [0.2, 0.25) is 0 Å². The lowest BCUT2D eigenvalue weighted by Gasteiger charge is -2.18. The number of benzene rings is 2. The Balaban J connectivity index is 1.65. The Morgan fingerprint density at radius 1 is 1.27 bits per heavy atom. The van der Waals surface area contributed by atoms with E-state index in [1.165, 1.54) is 11.9 Å². The third-order valence-electron chi connectivity index (χ3n) is 5.18. The molecule has 2 aromatic rings. The highest BCUT2D eigenvalue weighted by molar-refractivity contribution is 7.98. The zero-order valence-corrected chi connectivity index (χ0v) is 20.3. The van der Waals surface area contributed by atoms with Crippen molar-refractivity contribution in [2.45, 2.75) is 27.2 Å². The van der Waals surface area contributed by atoms with Crippen molar-refractivity contribution in [1.82, 2.24) is 5.32 Å². The van der Waals surface area contributed by atoms with Crippen LogP contribution in [0.4, 0.5) is 5.69 Å². The molecule has 7 heteroatoms. The van der Waals surface area contributed by atoms with Gasteiger partial charge in [0.25, 0.3) is 0 Å². The van der Waals surface area contributed by atoms with Crippen molar-refractivity contribution in [3.05, 3.63) is 69.6 Å². The molecular formula is C26H31N5OS. The summed E-state index contributed by atoms with van der Waals surface area (Å²) in [7, 11) is 0. The maximum absolute atomic E-state index is 5.99. The molecule has 0 fully saturated rings. The van der Waals surface area contributed by atoms with Crippen molar-refractivity contribution in [2.75, 3.05) is 24.3 Å². The van der Waals surface area contributed by atoms with Gasteiger partial charge in [-0.2, -0.15) is 4.40 Å². The summed E-state index contributed by atoms with van der Waals surface area (Å²) in [5.41, 5.74) is 4.04. The lowest BCUT2D eigenvalue weighted by Crippen LogP contribution is -2.35. The minimum atomic E-state index is 0.364. The smallest absolute Gasteiger partial charge is 0.195 e. The van der Waals surface area contributed by atoms with E-state index in [0.717, 1.165) is 64.0 Å². The van der Waals surface area contributed by atoms with Gasteiger partial charge in [-0.05, 0) is 73.7 Å². The number of rotatable bonds is 7. The van der Waals surface area contributed by atoms with Crippen LogP contribution in [0.3, 0.4) is 0 Å². The molecule has 0 unspecified atom stereocenters. The largest absolute Gasteiger partial charge is 0.481 e. The Morgan fingerprint density at radius 2 is 2.09 bits per heavy atom. The molecular weight excluding hydrogens is 430 g/mol. The van der Waals surface area contributed by atoms with Gasteiger partial charge in [0.05, 0.1) is 0 Å². The fraction of sp³-hybridized carbons (Fsp3) is 0.269. The summed E-state index contributed by atoms with van der Waals surface area (Å²) in [6, 6.07) is 12.1. The number of allylic oxidation sites excluding steroid dienone is 1. The first kappa shape index (κ1) is 24.3. The van der Waals surface area contributed by atoms with Gasteiger partial charge in [0.15, 0.2) is 17.7 Å². The van der Waals surface area contributed by atoms with Crippen LogP contribution in [0.25, 0.3) is 12.7 Å². The van der Waals surface area contributed by atoms with Crippen LogP contribution in [0.1, 0.15) is 24.5 Å². The van der Waals surface area contributed by atoms with E-state index < -0.39 is 0 Å². The zero-order valence-electron chi connectivity index (χ0n) is 19.5. The molecule has 0 amide bonds. The molecule has 3 rings (SSSR count). The fourth-order valence-corrected chi connectivity index (χ4v) is 3.81. The Hall–Kier alpha value is -3.32. The topological polar surface area (TPSA) is 70.4 Å². The minimum absolute atomic E-state index is 0.364. The SMILES string of the molecule is C=N/C(=N\SCOc1cc(C)c(NC2=NCCCN2)cc1C)C(=CC)/C=c1/ccccc1=C. The van der Waals surface area contributed by atoms with Gasteiger partial charge in [0.1, 0.15) is 5.75 Å². The molecule has 0 bridgehead atoms. The lowest BCUT2D eigenvalue weighted by atomic mass is 10.1. The predicted octanol–water partition coefficient (Wildman–Crippen LogP) is 3.99. The second-order valence-electron chi connectivity index (χ2n) is 7.62. The van der Waals surface area contributed by atoms with Crippen LogP contribution in [-0.4, -0.2) is 37.5 Å². The van der Waals surface area contributed by atoms with E-state index in [1.54, 1.807) is 0 Å². The molecule has 1 aliphatic heterocycles. The highest BCUT2D eigenvalue weighted by atomic mass is 32.2. The second-order valence-corrected chi connectivity index (χ2v) is 8.30. The van der Waals surface area contributed by atoms with Crippen molar-refractivity contribution >= 4 is 48.8 Å². The number of nitrogens with one attached hydrogen (secondary N) is 2. The lowest BCUT2D eigenvalue weighted by molar-refractivity contribution is 0.390. The van der Waals surface area contributed by atoms with Gasteiger partial charge in [0, 0.05) is 36.3 Å². The number of aliphatic imine (C=N–C) groups is 2. The summed E-state index contributed by atoms with van der Waals surface area (Å²) in [4.78, 5) is 8.58. The van der Waals surface area contributed by atoms with Crippen molar-refractivity contribution in [1.29, 1.82) is 0 Å². The summed E-state index contributed by atoms with van der Waals surface area (Å²) in [5.74, 6) is 2.58. The Morgan fingerprint density at radius 3 is 2.79 bits per heavy atom. The molecule has 33 heavy (non-hydrogen) atoms. The Bertz CT molecular complexity index is 1200. The van der Waals surface area contributed by atoms with Crippen molar-refractivity contribution in [3.63, 3.8) is 0 Å². The van der Waals surface area contributed by atoms with Crippen LogP contribution in [-0.2, 0) is 0 Å². The number of hydrogen-bond acceptors (Lipinski definition) is 6. The van der Waals surface area contributed by atoms with Crippen LogP contribution in [0.5, 0.6) is 5.75 Å². The molecule has 2 aromatic carbocycles. The molecule has 0 atom stereocenters. The van der Waals surface area contributed by atoms with Crippen LogP contribution in [0, 0.1) is 13.8 Å². The van der Waals surface area contributed by atoms with Crippen LogP contribution >= 0.6 is 11.9 Å². The Labute approximate surface area is 200 Å². The average molecular weight is 462 g/mol. The molecule has 1 heterocycles. The maximum Gasteiger partial charge on any atom is 0.195 e. The van der Waals surface area contributed by atoms with Gasteiger partial charge >= 0.3 is 0 Å². The second kappa shape index (κ2) is 12.1. The van der Waals surface area contributed by atoms with E-state index in [0.29, 0.717) is 11.8 Å². The van der Waals surface area contributed by atoms with Crippen LogP contribution in [0.15, 0.2) is 62.4 Å². The predicted molar refractivity (Wildman–Crippen MR) is 144 cm³/mol. The molecule has 0 aliphatic carbocycles. The monoisotopic (exact) mass is 461 g/mol. The molecule has 0 saturated heterocycles. The summed E-state index contributed by atoms with van der Waals surface area (Å²) < 4.78 is 10.5. The van der Waals surface area contributed by atoms with Crippen molar-refractivity contribution in [2.24, 2.45) is 14.4 Å². The van der Waals surface area contributed by atoms with E-state index in [2.05, 4.69) is 51.3 Å². The first-order valence-corrected chi connectivity index (χ1v) is 11.8. The zero-order chi connectivity index (χ0) is 23.6. The third kappa shape index (κ3) is 6.83. The maximum atomic E-state index is 5.99. The normalized spacial score (nSPS) is 15.0. The molecule has 1 aliphatic rings. The Kier molecular flexibility index (Phi) is 8.89. The first-order chi connectivity index (χ1) is 16.0. The van der Waals surface area contributed by atoms with E-state index in [-0.39, 0.29) is 0 Å². The highest BCUT2D eigenvalue weighted by Gasteiger charge is 2.10. The number of ether oxygens (including phenoxy) is 1. The molecule has 0 aromatic heterocycles. The van der Waals surface area contributed by atoms with Crippen LogP contribution in [0.2, 0.25) is 0 Å². The summed E-state index contributed by atoms with van der Waals surface area (Å²) >= 11 is 1.30.